The Morgan fingerprint density at radius 3 is 2.79 bits per heavy atom. The molecule has 4 rings (SSSR count). The third-order valence-electron chi connectivity index (χ3n) is 5.33. The molecule has 10 heteroatoms. The molecule has 2 saturated heterocycles. The first-order valence-electron chi connectivity index (χ1n) is 9.84. The number of ether oxygens (including phenoxy) is 2. The van der Waals surface area contributed by atoms with Crippen molar-refractivity contribution in [3.63, 3.8) is 0 Å². The highest BCUT2D eigenvalue weighted by Crippen LogP contribution is 2.37. The van der Waals surface area contributed by atoms with Gasteiger partial charge in [0.25, 0.3) is 0 Å². The van der Waals surface area contributed by atoms with Crippen molar-refractivity contribution in [1.82, 2.24) is 9.88 Å². The molecule has 1 N–H and O–H groups in total. The van der Waals surface area contributed by atoms with Crippen LogP contribution in [-0.2, 0) is 20.8 Å². The third kappa shape index (κ3) is 6.91. The van der Waals surface area contributed by atoms with Gasteiger partial charge in [-0.3, -0.25) is 4.90 Å². The van der Waals surface area contributed by atoms with E-state index >= 15 is 0 Å². The lowest BCUT2D eigenvalue weighted by molar-refractivity contribution is -0.192. The summed E-state index contributed by atoms with van der Waals surface area (Å²) in [5, 5.41) is 10.5. The number of likely N-dealkylation sites (tertiary alicyclic amines) is 1. The van der Waals surface area contributed by atoms with Crippen LogP contribution in [0.4, 0.5) is 13.2 Å². The Bertz CT molecular complexity index is 695. The summed E-state index contributed by atoms with van der Waals surface area (Å²) >= 11 is 1.77. The van der Waals surface area contributed by atoms with Gasteiger partial charge in [0.15, 0.2) is 0 Å². The summed E-state index contributed by atoms with van der Waals surface area (Å²) in [7, 11) is 0. The van der Waals surface area contributed by atoms with E-state index in [2.05, 4.69) is 22.2 Å². The van der Waals surface area contributed by atoms with Crippen LogP contribution >= 0.6 is 11.3 Å². The van der Waals surface area contributed by atoms with Gasteiger partial charge in [-0.15, -0.1) is 11.3 Å². The molecule has 2 aliphatic heterocycles. The fourth-order valence-electron chi connectivity index (χ4n) is 3.74. The number of aromatic nitrogens is 1. The molecule has 0 radical (unpaired) electrons. The van der Waals surface area contributed by atoms with Gasteiger partial charge in [0.1, 0.15) is 5.01 Å². The van der Waals surface area contributed by atoms with Crippen LogP contribution in [0.2, 0.25) is 0 Å². The number of aliphatic carboxylic acids is 1. The number of hydrogen-bond donors (Lipinski definition) is 1. The first-order valence-corrected chi connectivity index (χ1v) is 10.7. The number of hydrogen-bond acceptors (Lipinski definition) is 6. The number of piperidine rings is 1. The van der Waals surface area contributed by atoms with Crippen LogP contribution in [0, 0.1) is 12.8 Å². The highest BCUT2D eigenvalue weighted by Gasteiger charge is 2.44. The van der Waals surface area contributed by atoms with Crippen LogP contribution in [0.3, 0.4) is 0 Å². The van der Waals surface area contributed by atoms with Crippen LogP contribution in [-0.4, -0.2) is 65.1 Å². The molecule has 1 aromatic rings. The molecule has 3 heterocycles. The summed E-state index contributed by atoms with van der Waals surface area (Å²) in [4.78, 5) is 16.0. The van der Waals surface area contributed by atoms with E-state index in [1.54, 1.807) is 11.3 Å². The van der Waals surface area contributed by atoms with Gasteiger partial charge in [0, 0.05) is 30.6 Å². The van der Waals surface area contributed by atoms with Crippen LogP contribution in [0.5, 0.6) is 0 Å². The van der Waals surface area contributed by atoms with Crippen molar-refractivity contribution >= 4 is 17.3 Å². The number of halogens is 3. The molecule has 6 nitrogen and oxygen atoms in total. The number of aryl methyl sites for hydroxylation is 1. The molecular weight excluding hydrogens is 409 g/mol. The summed E-state index contributed by atoms with van der Waals surface area (Å²) < 4.78 is 44.0. The Balaban J connectivity index is 0.000000298. The van der Waals surface area contributed by atoms with Crippen molar-refractivity contribution in [2.24, 2.45) is 5.92 Å². The van der Waals surface area contributed by atoms with Gasteiger partial charge in [-0.05, 0) is 45.1 Å². The Labute approximate surface area is 172 Å². The predicted molar refractivity (Wildman–Crippen MR) is 101 cm³/mol. The maximum atomic E-state index is 10.6. The second kappa shape index (κ2) is 9.28. The van der Waals surface area contributed by atoms with Gasteiger partial charge < -0.3 is 14.6 Å². The summed E-state index contributed by atoms with van der Waals surface area (Å²) in [5.74, 6) is -1.92. The lowest BCUT2D eigenvalue weighted by Crippen LogP contribution is -2.47. The second-order valence-corrected chi connectivity index (χ2v) is 9.04. The van der Waals surface area contributed by atoms with E-state index in [0.29, 0.717) is 6.10 Å². The van der Waals surface area contributed by atoms with E-state index in [0.717, 1.165) is 50.9 Å². The Hall–Kier alpha value is -1.23. The highest BCUT2D eigenvalue weighted by atomic mass is 32.1. The third-order valence-corrected chi connectivity index (χ3v) is 6.28. The van der Waals surface area contributed by atoms with E-state index in [1.165, 1.54) is 30.7 Å². The van der Waals surface area contributed by atoms with E-state index in [1.807, 2.05) is 0 Å². The minimum Gasteiger partial charge on any atom is -0.475 e. The zero-order chi connectivity index (χ0) is 21.1. The summed E-state index contributed by atoms with van der Waals surface area (Å²) in [6.07, 6.45) is 1.44. The molecular formula is C19H27F3N2O4S. The molecule has 1 aromatic heterocycles. The van der Waals surface area contributed by atoms with E-state index in [-0.39, 0.29) is 5.60 Å². The lowest BCUT2D eigenvalue weighted by atomic mass is 9.89. The van der Waals surface area contributed by atoms with Gasteiger partial charge in [-0.2, -0.15) is 13.2 Å². The summed E-state index contributed by atoms with van der Waals surface area (Å²) in [6.45, 7) is 6.98. The Morgan fingerprint density at radius 2 is 2.21 bits per heavy atom. The molecule has 1 saturated carbocycles. The normalized spacial score (nSPS) is 27.7. The van der Waals surface area contributed by atoms with E-state index < -0.39 is 12.1 Å². The maximum Gasteiger partial charge on any atom is 0.490 e. The number of alkyl halides is 3. The van der Waals surface area contributed by atoms with Crippen LogP contribution < -0.4 is 0 Å². The van der Waals surface area contributed by atoms with E-state index in [9.17, 15) is 13.2 Å². The van der Waals surface area contributed by atoms with Crippen LogP contribution in [0.15, 0.2) is 5.38 Å². The zero-order valence-corrected chi connectivity index (χ0v) is 17.2. The molecule has 1 spiro atoms. The number of thiazole rings is 1. The average Bonchev–Trinajstić information content (AvgIpc) is 3.27. The maximum absolute atomic E-state index is 10.6. The zero-order valence-electron chi connectivity index (χ0n) is 16.4. The quantitative estimate of drug-likeness (QED) is 0.760. The minimum absolute atomic E-state index is 0.0404. The number of nitrogens with zero attached hydrogens (tertiary/aromatic N) is 2. The highest BCUT2D eigenvalue weighted by molar-refractivity contribution is 7.09. The Kier molecular flexibility index (Phi) is 7.19. The second-order valence-electron chi connectivity index (χ2n) is 8.10. The van der Waals surface area contributed by atoms with Gasteiger partial charge in [-0.1, -0.05) is 0 Å². The average molecular weight is 436 g/mol. The molecule has 0 unspecified atom stereocenters. The van der Waals surface area contributed by atoms with Crippen molar-refractivity contribution in [3.05, 3.63) is 16.1 Å². The fourth-order valence-corrected chi connectivity index (χ4v) is 4.56. The van der Waals surface area contributed by atoms with Crippen molar-refractivity contribution in [2.75, 3.05) is 26.3 Å². The molecule has 3 fully saturated rings. The van der Waals surface area contributed by atoms with Gasteiger partial charge in [0.2, 0.25) is 0 Å². The van der Waals surface area contributed by atoms with Crippen LogP contribution in [0.1, 0.15) is 42.8 Å². The molecule has 3 aliphatic rings. The van der Waals surface area contributed by atoms with E-state index in [4.69, 9.17) is 19.4 Å². The van der Waals surface area contributed by atoms with Crippen molar-refractivity contribution in [3.8, 4) is 0 Å². The molecule has 0 amide bonds. The predicted octanol–water partition coefficient (Wildman–Crippen LogP) is 3.63. The molecule has 2 atom stereocenters. The van der Waals surface area contributed by atoms with Crippen LogP contribution in [0.25, 0.3) is 0 Å². The topological polar surface area (TPSA) is 71.9 Å². The van der Waals surface area contributed by atoms with Gasteiger partial charge >= 0.3 is 12.1 Å². The first kappa shape index (κ1) is 22.5. The molecule has 1 aliphatic carbocycles. The Morgan fingerprint density at radius 1 is 1.48 bits per heavy atom. The number of carboxylic acids is 1. The van der Waals surface area contributed by atoms with Crippen molar-refractivity contribution in [1.29, 1.82) is 0 Å². The summed E-state index contributed by atoms with van der Waals surface area (Å²) in [6, 6.07) is 0. The molecule has 0 aromatic carbocycles. The standard InChI is InChI=1S/C17H26N2O2S.C2HF3O2/c1-13-11-22-16(18-13)8-19-6-2-5-17(12-19)7-15(10-21-17)20-9-14-3-4-14;3-2(4,5)1(6)7/h11,14-15H,2-10,12H2,1H3;(H,6,7)/t15-,17+;/m1./s1. The lowest BCUT2D eigenvalue weighted by Gasteiger charge is -2.39. The van der Waals surface area contributed by atoms with Gasteiger partial charge in [0.05, 0.1) is 24.9 Å². The minimum atomic E-state index is -5.08. The number of carboxylic acid groups (broad SMARTS) is 1. The number of rotatable bonds is 5. The first-order chi connectivity index (χ1) is 13.7. The number of carbonyl (C=O) groups is 1. The molecule has 0 bridgehead atoms. The van der Waals surface area contributed by atoms with Gasteiger partial charge in [-0.25, -0.2) is 9.78 Å². The molecule has 29 heavy (non-hydrogen) atoms. The van der Waals surface area contributed by atoms with Crippen molar-refractivity contribution in [2.45, 2.75) is 63.5 Å². The molecule has 164 valence electrons. The smallest absolute Gasteiger partial charge is 0.475 e. The monoisotopic (exact) mass is 436 g/mol. The fraction of sp³-hybridized carbons (Fsp3) is 0.789. The SMILES string of the molecule is Cc1csc(CN2CCC[C@]3(C[C@@H](OCC4CC4)CO3)C2)n1.O=C(O)C(F)(F)F. The largest absolute Gasteiger partial charge is 0.490 e. The summed E-state index contributed by atoms with van der Waals surface area (Å²) in [5.41, 5.74) is 1.18. The van der Waals surface area contributed by atoms with Crippen molar-refractivity contribution < 1.29 is 32.5 Å².